The van der Waals surface area contributed by atoms with E-state index in [9.17, 15) is 9.90 Å². The summed E-state index contributed by atoms with van der Waals surface area (Å²) >= 11 is 12.0. The van der Waals surface area contributed by atoms with Crippen LogP contribution in [0, 0.1) is 0 Å². The Morgan fingerprint density at radius 1 is 1.24 bits per heavy atom. The maximum absolute atomic E-state index is 11.9. The Labute approximate surface area is 153 Å². The van der Waals surface area contributed by atoms with Crippen LogP contribution in [0.1, 0.15) is 12.3 Å². The number of nitrogens with zero attached hydrogens (tertiary/aromatic N) is 2. The molecule has 0 saturated heterocycles. The van der Waals surface area contributed by atoms with E-state index in [1.165, 1.54) is 12.3 Å². The second kappa shape index (κ2) is 7.55. The first kappa shape index (κ1) is 17.3. The molecule has 0 atom stereocenters. The van der Waals surface area contributed by atoms with E-state index in [1.807, 2.05) is 0 Å². The van der Waals surface area contributed by atoms with Crippen LogP contribution in [0.25, 0.3) is 11.3 Å². The number of nitrogens with one attached hydrogen (secondary N) is 1. The lowest BCUT2D eigenvalue weighted by Gasteiger charge is -2.04. The van der Waals surface area contributed by atoms with Gasteiger partial charge in [0.1, 0.15) is 0 Å². The summed E-state index contributed by atoms with van der Waals surface area (Å²) in [5, 5.41) is 13.1. The van der Waals surface area contributed by atoms with Gasteiger partial charge in [0.2, 0.25) is 5.91 Å². The number of rotatable bonds is 5. The molecular weight excluding hydrogens is 365 g/mol. The van der Waals surface area contributed by atoms with Crippen LogP contribution in [0.15, 0.2) is 47.1 Å². The lowest BCUT2D eigenvalue weighted by molar-refractivity contribution is -0.116. The number of carbonyl (C=O) groups is 1. The van der Waals surface area contributed by atoms with E-state index < -0.39 is 0 Å². The van der Waals surface area contributed by atoms with Crippen molar-refractivity contribution in [3.63, 3.8) is 0 Å². The Bertz CT molecular complexity index is 912. The average molecular weight is 378 g/mol. The van der Waals surface area contributed by atoms with Gasteiger partial charge in [-0.15, -0.1) is 0 Å². The van der Waals surface area contributed by atoms with Crippen molar-refractivity contribution in [1.82, 2.24) is 9.97 Å². The average Bonchev–Trinajstić information content (AvgIpc) is 3.04. The monoisotopic (exact) mass is 377 g/mol. The number of aryl methyl sites for hydroxylation is 1. The normalized spacial score (nSPS) is 10.6. The fourth-order valence-electron chi connectivity index (χ4n) is 2.15. The van der Waals surface area contributed by atoms with Crippen LogP contribution in [0.2, 0.25) is 10.0 Å². The highest BCUT2D eigenvalue weighted by molar-refractivity contribution is 6.36. The molecule has 0 radical (unpaired) electrons. The minimum atomic E-state index is -0.307. The molecule has 0 aliphatic heterocycles. The van der Waals surface area contributed by atoms with Crippen LogP contribution in [0.5, 0.6) is 5.75 Å². The summed E-state index contributed by atoms with van der Waals surface area (Å²) in [4.78, 5) is 20.0. The van der Waals surface area contributed by atoms with Crippen molar-refractivity contribution in [2.45, 2.75) is 12.8 Å². The molecule has 0 saturated carbocycles. The predicted octanol–water partition coefficient (Wildman–Crippen LogP) is 4.32. The zero-order chi connectivity index (χ0) is 17.8. The molecule has 1 amide bonds. The quantitative estimate of drug-likeness (QED) is 0.690. The molecule has 0 fully saturated rings. The van der Waals surface area contributed by atoms with Gasteiger partial charge in [0.15, 0.2) is 23.2 Å². The van der Waals surface area contributed by atoms with Gasteiger partial charge in [-0.1, -0.05) is 23.2 Å². The number of benzene rings is 1. The number of pyridine rings is 1. The highest BCUT2D eigenvalue weighted by atomic mass is 35.5. The van der Waals surface area contributed by atoms with E-state index in [0.717, 1.165) is 0 Å². The molecule has 3 aromatic rings. The van der Waals surface area contributed by atoms with Gasteiger partial charge in [-0.3, -0.25) is 4.79 Å². The first-order chi connectivity index (χ1) is 12.0. The van der Waals surface area contributed by atoms with Gasteiger partial charge in [0.05, 0.1) is 11.2 Å². The molecule has 6 nitrogen and oxygen atoms in total. The number of halogens is 2. The maximum Gasteiger partial charge on any atom is 0.226 e. The molecule has 128 valence electrons. The van der Waals surface area contributed by atoms with Gasteiger partial charge >= 0.3 is 0 Å². The summed E-state index contributed by atoms with van der Waals surface area (Å²) < 4.78 is 5.63. The summed E-state index contributed by atoms with van der Waals surface area (Å²) in [6, 6.07) is 8.08. The summed E-state index contributed by atoms with van der Waals surface area (Å²) in [5.41, 5.74) is 0.674. The first-order valence-electron chi connectivity index (χ1n) is 7.37. The van der Waals surface area contributed by atoms with E-state index in [4.69, 9.17) is 27.6 Å². The Hall–Kier alpha value is -2.57. The van der Waals surface area contributed by atoms with Crippen LogP contribution < -0.4 is 5.32 Å². The molecule has 2 aromatic heterocycles. The van der Waals surface area contributed by atoms with E-state index in [0.29, 0.717) is 33.7 Å². The van der Waals surface area contributed by atoms with Gasteiger partial charge in [0.25, 0.3) is 0 Å². The Kier molecular flexibility index (Phi) is 5.21. The first-order valence-corrected chi connectivity index (χ1v) is 8.12. The minimum absolute atomic E-state index is 0.0911. The zero-order valence-corrected chi connectivity index (χ0v) is 14.4. The minimum Gasteiger partial charge on any atom is -0.504 e. The summed E-state index contributed by atoms with van der Waals surface area (Å²) in [6.07, 6.45) is 3.45. The number of amides is 1. The van der Waals surface area contributed by atoms with Crippen molar-refractivity contribution >= 4 is 34.9 Å². The van der Waals surface area contributed by atoms with Crippen LogP contribution >= 0.6 is 23.2 Å². The summed E-state index contributed by atoms with van der Waals surface area (Å²) in [7, 11) is 0. The van der Waals surface area contributed by atoms with Crippen molar-refractivity contribution in [3.05, 3.63) is 58.7 Å². The van der Waals surface area contributed by atoms with Gasteiger partial charge < -0.3 is 14.8 Å². The molecule has 2 N–H and O–H groups in total. The van der Waals surface area contributed by atoms with Crippen LogP contribution in [-0.4, -0.2) is 21.0 Å². The number of anilines is 1. The molecule has 0 aliphatic carbocycles. The SMILES string of the molecule is O=C(CCc1ncc(-c2ccc(Cl)cc2Cl)o1)Nc1ncccc1O. The highest BCUT2D eigenvalue weighted by Crippen LogP contribution is 2.30. The van der Waals surface area contributed by atoms with Crippen LogP contribution in [0.4, 0.5) is 5.82 Å². The van der Waals surface area contributed by atoms with Crippen molar-refractivity contribution < 1.29 is 14.3 Å². The molecule has 25 heavy (non-hydrogen) atoms. The van der Waals surface area contributed by atoms with Crippen molar-refractivity contribution in [1.29, 1.82) is 0 Å². The lowest BCUT2D eigenvalue weighted by Crippen LogP contribution is -2.13. The van der Waals surface area contributed by atoms with Gasteiger partial charge in [-0.2, -0.15) is 0 Å². The third-order valence-corrected chi connectivity index (χ3v) is 3.91. The van der Waals surface area contributed by atoms with Crippen LogP contribution in [-0.2, 0) is 11.2 Å². The molecule has 2 heterocycles. The lowest BCUT2D eigenvalue weighted by atomic mass is 10.2. The van der Waals surface area contributed by atoms with Crippen molar-refractivity contribution in [3.8, 4) is 17.1 Å². The van der Waals surface area contributed by atoms with Crippen LogP contribution in [0.3, 0.4) is 0 Å². The molecule has 0 bridgehead atoms. The highest BCUT2D eigenvalue weighted by Gasteiger charge is 2.13. The molecule has 1 aromatic carbocycles. The van der Waals surface area contributed by atoms with E-state index >= 15 is 0 Å². The Morgan fingerprint density at radius 3 is 2.84 bits per heavy atom. The predicted molar refractivity (Wildman–Crippen MR) is 94.8 cm³/mol. The molecule has 3 rings (SSSR count). The number of hydrogen-bond acceptors (Lipinski definition) is 5. The molecule has 8 heteroatoms. The third-order valence-electron chi connectivity index (χ3n) is 3.36. The molecule has 0 unspecified atom stereocenters. The largest absolute Gasteiger partial charge is 0.504 e. The second-order valence-electron chi connectivity index (χ2n) is 5.16. The van der Waals surface area contributed by atoms with E-state index in [2.05, 4.69) is 15.3 Å². The zero-order valence-electron chi connectivity index (χ0n) is 12.9. The smallest absolute Gasteiger partial charge is 0.226 e. The van der Waals surface area contributed by atoms with Gasteiger partial charge in [0, 0.05) is 29.6 Å². The third kappa shape index (κ3) is 4.29. The number of carbonyl (C=O) groups excluding carboxylic acids is 1. The molecular formula is C17H13Cl2N3O3. The maximum atomic E-state index is 11.9. The van der Waals surface area contributed by atoms with Gasteiger partial charge in [-0.25, -0.2) is 9.97 Å². The molecule has 0 aliphatic rings. The van der Waals surface area contributed by atoms with E-state index in [-0.39, 0.29) is 23.9 Å². The summed E-state index contributed by atoms with van der Waals surface area (Å²) in [6.45, 7) is 0. The standard InChI is InChI=1S/C17H13Cl2N3O3/c18-10-3-4-11(12(19)8-10)14-9-21-16(25-14)6-5-15(24)22-17-13(23)2-1-7-20-17/h1-4,7-9,23H,5-6H2,(H,20,22,24). The number of oxazole rings is 1. The molecule has 0 spiro atoms. The van der Waals surface area contributed by atoms with Crippen molar-refractivity contribution in [2.24, 2.45) is 0 Å². The van der Waals surface area contributed by atoms with Crippen molar-refractivity contribution in [2.75, 3.05) is 5.32 Å². The number of aromatic nitrogens is 2. The second-order valence-corrected chi connectivity index (χ2v) is 6.01. The Morgan fingerprint density at radius 2 is 2.08 bits per heavy atom. The fourth-order valence-corrected chi connectivity index (χ4v) is 2.65. The topological polar surface area (TPSA) is 88.3 Å². The number of hydrogen-bond donors (Lipinski definition) is 2. The summed E-state index contributed by atoms with van der Waals surface area (Å²) in [5.74, 6) is 0.624. The Balaban J connectivity index is 1.62. The van der Waals surface area contributed by atoms with E-state index in [1.54, 1.807) is 30.5 Å². The number of aromatic hydroxyl groups is 1. The van der Waals surface area contributed by atoms with Gasteiger partial charge in [-0.05, 0) is 30.3 Å². The fraction of sp³-hybridized carbons (Fsp3) is 0.118.